The summed E-state index contributed by atoms with van der Waals surface area (Å²) in [6, 6.07) is 2.07. The quantitative estimate of drug-likeness (QED) is 0.908. The zero-order valence-electron chi connectivity index (χ0n) is 12.1. The number of carbonyl (C=O) groups is 1. The maximum atomic E-state index is 12.8. The number of carbonyl (C=O) groups excluding carboxylic acids is 1. The topological polar surface area (TPSA) is 51.3 Å². The minimum Gasteiger partial charge on any atom is -0.342 e. The first-order valence-electron chi connectivity index (χ1n) is 7.54. The number of aryl methyl sites for hydroxylation is 1. The second-order valence-electron chi connectivity index (χ2n) is 5.46. The van der Waals surface area contributed by atoms with Crippen molar-refractivity contribution in [3.63, 3.8) is 0 Å². The van der Waals surface area contributed by atoms with Crippen molar-refractivity contribution in [2.75, 3.05) is 13.1 Å². The molecule has 5 heteroatoms. The summed E-state index contributed by atoms with van der Waals surface area (Å²) in [5.41, 5.74) is 6.39. The Balaban J connectivity index is 2.20. The summed E-state index contributed by atoms with van der Waals surface area (Å²) in [6.07, 6.45) is 7.04. The van der Waals surface area contributed by atoms with E-state index in [-0.39, 0.29) is 11.9 Å². The number of amides is 1. The van der Waals surface area contributed by atoms with E-state index in [2.05, 4.69) is 6.92 Å². The number of halogens is 1. The fraction of sp³-hybridized carbons (Fsp3) is 0.667. The van der Waals surface area contributed by atoms with Gasteiger partial charge in [-0.15, -0.1) is 0 Å². The van der Waals surface area contributed by atoms with Crippen LogP contribution in [0.3, 0.4) is 0 Å². The number of nitrogens with two attached hydrogens (primary N) is 1. The Bertz CT molecular complexity index is 456. The summed E-state index contributed by atoms with van der Waals surface area (Å²) < 4.78 is 1.97. The third kappa shape index (κ3) is 3.36. The highest BCUT2D eigenvalue weighted by Crippen LogP contribution is 2.23. The fourth-order valence-electron chi connectivity index (χ4n) is 2.99. The van der Waals surface area contributed by atoms with Gasteiger partial charge in [0.15, 0.2) is 0 Å². The molecule has 20 heavy (non-hydrogen) atoms. The molecule has 0 aliphatic carbocycles. The van der Waals surface area contributed by atoms with Gasteiger partial charge in [-0.1, -0.05) is 18.5 Å². The van der Waals surface area contributed by atoms with Crippen molar-refractivity contribution in [2.45, 2.75) is 51.6 Å². The van der Waals surface area contributed by atoms with Crippen molar-refractivity contribution in [3.8, 4) is 0 Å². The SMILES string of the molecule is CCCn1cc(Cl)cc1C(=O)N1CCCCC1CCN. The Morgan fingerprint density at radius 2 is 2.30 bits per heavy atom. The van der Waals surface area contributed by atoms with Crippen LogP contribution in [-0.4, -0.2) is 34.5 Å². The molecule has 1 aliphatic heterocycles. The molecule has 1 saturated heterocycles. The molecule has 1 amide bonds. The first-order chi connectivity index (χ1) is 9.67. The van der Waals surface area contributed by atoms with E-state index in [4.69, 9.17) is 17.3 Å². The summed E-state index contributed by atoms with van der Waals surface area (Å²) >= 11 is 6.07. The van der Waals surface area contributed by atoms with E-state index in [1.807, 2.05) is 15.7 Å². The number of likely N-dealkylation sites (tertiary alicyclic amines) is 1. The van der Waals surface area contributed by atoms with Gasteiger partial charge >= 0.3 is 0 Å². The Labute approximate surface area is 125 Å². The lowest BCUT2D eigenvalue weighted by Crippen LogP contribution is -2.45. The van der Waals surface area contributed by atoms with Crippen LogP contribution in [0.25, 0.3) is 0 Å². The van der Waals surface area contributed by atoms with Crippen LogP contribution in [0.5, 0.6) is 0 Å². The molecule has 1 aromatic heterocycles. The largest absolute Gasteiger partial charge is 0.342 e. The van der Waals surface area contributed by atoms with Crippen LogP contribution in [0, 0.1) is 0 Å². The normalized spacial score (nSPS) is 19.4. The molecule has 1 unspecified atom stereocenters. The molecule has 0 saturated carbocycles. The Morgan fingerprint density at radius 3 is 3.00 bits per heavy atom. The summed E-state index contributed by atoms with van der Waals surface area (Å²) in [4.78, 5) is 14.8. The van der Waals surface area contributed by atoms with E-state index in [9.17, 15) is 4.79 Å². The molecule has 1 fully saturated rings. The lowest BCUT2D eigenvalue weighted by molar-refractivity contribution is 0.0593. The van der Waals surface area contributed by atoms with Gasteiger partial charge in [0.2, 0.25) is 0 Å². The number of rotatable bonds is 5. The zero-order chi connectivity index (χ0) is 14.5. The first kappa shape index (κ1) is 15.4. The molecule has 4 nitrogen and oxygen atoms in total. The minimum absolute atomic E-state index is 0.100. The van der Waals surface area contributed by atoms with Crippen LogP contribution in [0.1, 0.15) is 49.5 Å². The number of hydrogen-bond donors (Lipinski definition) is 1. The maximum Gasteiger partial charge on any atom is 0.270 e. The molecule has 0 bridgehead atoms. The number of piperidine rings is 1. The molecule has 2 rings (SSSR count). The molecule has 2 heterocycles. The van der Waals surface area contributed by atoms with Gasteiger partial charge in [-0.05, 0) is 44.7 Å². The van der Waals surface area contributed by atoms with E-state index < -0.39 is 0 Å². The van der Waals surface area contributed by atoms with E-state index >= 15 is 0 Å². The smallest absolute Gasteiger partial charge is 0.270 e. The van der Waals surface area contributed by atoms with Gasteiger partial charge < -0.3 is 15.2 Å². The third-order valence-corrected chi connectivity index (χ3v) is 4.14. The number of nitrogens with zero attached hydrogens (tertiary/aromatic N) is 2. The van der Waals surface area contributed by atoms with Crippen LogP contribution in [0.2, 0.25) is 5.02 Å². The monoisotopic (exact) mass is 297 g/mol. The van der Waals surface area contributed by atoms with Gasteiger partial charge in [0.05, 0.1) is 5.02 Å². The standard InChI is InChI=1S/C15H24ClN3O/c1-2-8-18-11-12(16)10-14(18)15(20)19-9-4-3-5-13(19)6-7-17/h10-11,13H,2-9,17H2,1H3. The second-order valence-corrected chi connectivity index (χ2v) is 5.90. The van der Waals surface area contributed by atoms with Gasteiger partial charge in [-0.3, -0.25) is 4.79 Å². The molecule has 1 atom stereocenters. The predicted octanol–water partition coefficient (Wildman–Crippen LogP) is 2.90. The van der Waals surface area contributed by atoms with Crippen molar-refractivity contribution in [1.29, 1.82) is 0 Å². The van der Waals surface area contributed by atoms with E-state index in [0.29, 0.717) is 17.3 Å². The molecule has 1 aromatic rings. The van der Waals surface area contributed by atoms with Crippen molar-refractivity contribution < 1.29 is 4.79 Å². The molecule has 0 spiro atoms. The highest BCUT2D eigenvalue weighted by atomic mass is 35.5. The van der Waals surface area contributed by atoms with E-state index in [1.54, 1.807) is 6.07 Å². The van der Waals surface area contributed by atoms with E-state index in [0.717, 1.165) is 38.8 Å². The minimum atomic E-state index is 0.100. The Hall–Kier alpha value is -1.00. The second kappa shape index (κ2) is 7.14. The summed E-state index contributed by atoms with van der Waals surface area (Å²) in [5.74, 6) is 0.100. The van der Waals surface area contributed by atoms with Crippen molar-refractivity contribution >= 4 is 17.5 Å². The number of hydrogen-bond acceptors (Lipinski definition) is 2. The first-order valence-corrected chi connectivity index (χ1v) is 7.92. The highest BCUT2D eigenvalue weighted by molar-refractivity contribution is 6.31. The van der Waals surface area contributed by atoms with Crippen LogP contribution >= 0.6 is 11.6 Å². The Morgan fingerprint density at radius 1 is 1.50 bits per heavy atom. The average molecular weight is 298 g/mol. The predicted molar refractivity (Wildman–Crippen MR) is 82.1 cm³/mol. The van der Waals surface area contributed by atoms with Gasteiger partial charge in [0.1, 0.15) is 5.69 Å². The molecule has 2 N–H and O–H groups in total. The Kier molecular flexibility index (Phi) is 5.49. The van der Waals surface area contributed by atoms with Crippen molar-refractivity contribution in [3.05, 3.63) is 23.0 Å². The molecule has 0 radical (unpaired) electrons. The maximum absolute atomic E-state index is 12.8. The average Bonchev–Trinajstić information content (AvgIpc) is 2.80. The van der Waals surface area contributed by atoms with Crippen molar-refractivity contribution in [2.24, 2.45) is 5.73 Å². The molecule has 0 aromatic carbocycles. The highest BCUT2D eigenvalue weighted by Gasteiger charge is 2.28. The third-order valence-electron chi connectivity index (χ3n) is 3.93. The van der Waals surface area contributed by atoms with Gasteiger partial charge in [-0.2, -0.15) is 0 Å². The molecular formula is C15H24ClN3O. The van der Waals surface area contributed by atoms with Crippen molar-refractivity contribution in [1.82, 2.24) is 9.47 Å². The van der Waals surface area contributed by atoms with Gasteiger partial charge in [0, 0.05) is 25.3 Å². The zero-order valence-corrected chi connectivity index (χ0v) is 12.9. The van der Waals surface area contributed by atoms with Gasteiger partial charge in [0.25, 0.3) is 5.91 Å². The lowest BCUT2D eigenvalue weighted by Gasteiger charge is -2.35. The van der Waals surface area contributed by atoms with Crippen LogP contribution in [0.15, 0.2) is 12.3 Å². The molecule has 112 valence electrons. The van der Waals surface area contributed by atoms with Crippen LogP contribution in [-0.2, 0) is 6.54 Å². The summed E-state index contributed by atoms with van der Waals surface area (Å²) in [7, 11) is 0. The molecule has 1 aliphatic rings. The van der Waals surface area contributed by atoms with Crippen LogP contribution < -0.4 is 5.73 Å². The van der Waals surface area contributed by atoms with Gasteiger partial charge in [-0.25, -0.2) is 0 Å². The molecular weight excluding hydrogens is 274 g/mol. The summed E-state index contributed by atoms with van der Waals surface area (Å²) in [6.45, 7) is 4.38. The summed E-state index contributed by atoms with van der Waals surface area (Å²) in [5, 5.41) is 0.634. The van der Waals surface area contributed by atoms with E-state index in [1.165, 1.54) is 6.42 Å². The number of aromatic nitrogens is 1. The fourth-order valence-corrected chi connectivity index (χ4v) is 3.21. The lowest BCUT2D eigenvalue weighted by atomic mass is 9.99. The van der Waals surface area contributed by atoms with Crippen LogP contribution in [0.4, 0.5) is 0 Å².